The van der Waals surface area contributed by atoms with Crippen molar-refractivity contribution in [2.75, 3.05) is 33.9 Å². The van der Waals surface area contributed by atoms with Gasteiger partial charge in [-0.3, -0.25) is 57.7 Å². The molecule has 9 atom stereocenters. The van der Waals surface area contributed by atoms with Crippen molar-refractivity contribution in [3.05, 3.63) is 0 Å². The SMILES string of the molecule is CC(=O)N[C@H](C(=O)N[C@H](C(=O)N[C@@H](CC(=O)N(C)C)C(=O)N[C@@H](C)C(=O)N[C@@H](CO)C(=O)N[C@@H](CO)C(=O)N[C@@H](CCCN=C(N)N)C(=O)N[C@@H](CC(C)C)C(=O)N[C@@H](C)C(=O)O)C(C)(C)C)C(C)(C)C. The van der Waals surface area contributed by atoms with Crippen molar-refractivity contribution in [3.63, 3.8) is 0 Å². The molecule has 0 heterocycles. The minimum absolute atomic E-state index is 0.00603. The Balaban J connectivity index is 6.33. The number of rotatable bonds is 28. The summed E-state index contributed by atoms with van der Waals surface area (Å²) >= 11 is 0. The molecule has 0 aromatic rings. The Bertz CT molecular complexity index is 1930. The molecule has 10 amide bonds. The van der Waals surface area contributed by atoms with E-state index in [9.17, 15) is 68.1 Å². The fourth-order valence-electron chi connectivity index (χ4n) is 6.33. The number of hydrogen-bond donors (Lipinski definition) is 14. The standard InChI is InChI=1S/C44H79N13O14/c1-21(2)17-26(35(64)49-23(4)41(70)71)52-34(63)25(15-14-16-47-42(45)46)51-37(66)29(20-59)55-38(67)28(19-58)54-33(62)22(3)48-36(65)27(18-30(61)57(12)13)53-39(68)32(44(9,10)11)56-40(69)31(43(6,7)8)50-24(5)60/h21-23,25-29,31-32,58-59H,14-20H2,1-13H3,(H,48,65)(H,49,64)(H,50,60)(H,51,66)(H,52,63)(H,53,68)(H,54,62)(H,55,67)(H,56,69)(H,70,71)(H4,45,46,47)/t22-,23-,25-,26-,27-,28-,29-,31+,32+/m0/s1. The first kappa shape index (κ1) is 64.4. The summed E-state index contributed by atoms with van der Waals surface area (Å²) in [6.45, 7) is 15.0. The van der Waals surface area contributed by atoms with E-state index >= 15 is 0 Å². The maximum atomic E-state index is 13.9. The molecular formula is C44H79N13O14. The van der Waals surface area contributed by atoms with Gasteiger partial charge < -0.3 is 79.5 Å². The number of aliphatic hydroxyl groups is 2. The lowest BCUT2D eigenvalue weighted by Gasteiger charge is -2.36. The largest absolute Gasteiger partial charge is 0.480 e. The third kappa shape index (κ3) is 23.7. The topological polar surface area (TPSA) is 424 Å². The number of carboxylic acids is 1. The zero-order valence-corrected chi connectivity index (χ0v) is 43.1. The highest BCUT2D eigenvalue weighted by molar-refractivity contribution is 5.99. The molecule has 16 N–H and O–H groups in total. The van der Waals surface area contributed by atoms with Crippen molar-refractivity contribution < 1.29 is 68.1 Å². The lowest BCUT2D eigenvalue weighted by atomic mass is 9.83. The Morgan fingerprint density at radius 3 is 1.37 bits per heavy atom. The van der Waals surface area contributed by atoms with Crippen molar-refractivity contribution in [1.82, 2.24) is 52.8 Å². The number of carbonyl (C=O) groups excluding carboxylic acids is 10. The Labute approximate surface area is 414 Å². The molecule has 0 saturated carbocycles. The monoisotopic (exact) mass is 1010 g/mol. The Morgan fingerprint density at radius 1 is 0.535 bits per heavy atom. The first-order valence-corrected chi connectivity index (χ1v) is 23.0. The molecule has 0 aromatic carbocycles. The number of aliphatic carboxylic acids is 1. The minimum atomic E-state index is -1.80. The van der Waals surface area contributed by atoms with E-state index in [0.29, 0.717) is 0 Å². The smallest absolute Gasteiger partial charge is 0.325 e. The summed E-state index contributed by atoms with van der Waals surface area (Å²) < 4.78 is 0. The van der Waals surface area contributed by atoms with Crippen LogP contribution in [0.2, 0.25) is 0 Å². The number of aliphatic hydroxyl groups excluding tert-OH is 2. The second-order valence-electron chi connectivity index (χ2n) is 19.8. The Morgan fingerprint density at radius 2 is 0.930 bits per heavy atom. The van der Waals surface area contributed by atoms with Gasteiger partial charge in [-0.2, -0.15) is 0 Å². The molecule has 0 aliphatic carbocycles. The van der Waals surface area contributed by atoms with Crippen molar-refractivity contribution in [1.29, 1.82) is 0 Å². The van der Waals surface area contributed by atoms with Gasteiger partial charge in [0.15, 0.2) is 5.96 Å². The number of carbonyl (C=O) groups is 11. The highest BCUT2D eigenvalue weighted by atomic mass is 16.4. The molecule has 0 aromatic heterocycles. The van der Waals surface area contributed by atoms with E-state index in [-0.39, 0.29) is 37.7 Å². The molecule has 404 valence electrons. The molecule has 0 radical (unpaired) electrons. The Hall–Kier alpha value is -6.64. The van der Waals surface area contributed by atoms with E-state index in [1.807, 2.05) is 0 Å². The van der Waals surface area contributed by atoms with Gasteiger partial charge in [-0.15, -0.1) is 0 Å². The normalized spacial score (nSPS) is 15.2. The van der Waals surface area contributed by atoms with Crippen LogP contribution in [0.5, 0.6) is 0 Å². The van der Waals surface area contributed by atoms with Crippen LogP contribution in [-0.2, 0) is 52.7 Å². The summed E-state index contributed by atoms with van der Waals surface area (Å²) in [5.74, 6) is -10.6. The molecule has 0 aliphatic heterocycles. The minimum Gasteiger partial charge on any atom is -0.480 e. The number of carboxylic acid groups (broad SMARTS) is 1. The predicted molar refractivity (Wildman–Crippen MR) is 258 cm³/mol. The third-order valence-electron chi connectivity index (χ3n) is 10.4. The van der Waals surface area contributed by atoms with Crippen molar-refractivity contribution in [3.8, 4) is 0 Å². The number of nitrogens with one attached hydrogen (secondary N) is 9. The summed E-state index contributed by atoms with van der Waals surface area (Å²) in [5.41, 5.74) is 9.01. The number of hydrogen-bond acceptors (Lipinski definition) is 14. The lowest BCUT2D eigenvalue weighted by Crippen LogP contribution is -2.63. The highest BCUT2D eigenvalue weighted by Gasteiger charge is 2.40. The van der Waals surface area contributed by atoms with Gasteiger partial charge in [-0.05, 0) is 49.9 Å². The number of guanidine groups is 1. The number of amides is 10. The molecule has 0 bridgehead atoms. The van der Waals surface area contributed by atoms with Crippen LogP contribution in [-0.4, -0.2) is 179 Å². The Kier molecular flexibility index (Phi) is 26.8. The first-order valence-electron chi connectivity index (χ1n) is 23.0. The summed E-state index contributed by atoms with van der Waals surface area (Å²) in [5, 5.41) is 51.1. The van der Waals surface area contributed by atoms with Gasteiger partial charge in [-0.1, -0.05) is 55.4 Å². The average Bonchev–Trinajstić information content (AvgIpc) is 3.24. The van der Waals surface area contributed by atoms with Crippen molar-refractivity contribution in [2.45, 2.75) is 156 Å². The van der Waals surface area contributed by atoms with Gasteiger partial charge in [0.2, 0.25) is 59.1 Å². The van der Waals surface area contributed by atoms with Crippen LogP contribution < -0.4 is 59.3 Å². The molecule has 27 heteroatoms. The molecule has 0 rings (SSSR count). The summed E-state index contributed by atoms with van der Waals surface area (Å²) in [7, 11) is 2.80. The summed E-state index contributed by atoms with van der Waals surface area (Å²) in [6, 6.07) is -13.1. The van der Waals surface area contributed by atoms with Crippen LogP contribution in [0.1, 0.15) is 102 Å². The maximum absolute atomic E-state index is 13.9. The summed E-state index contributed by atoms with van der Waals surface area (Å²) in [4.78, 5) is 149. The molecule has 0 spiro atoms. The molecule has 27 nitrogen and oxygen atoms in total. The van der Waals surface area contributed by atoms with Gasteiger partial charge in [0.25, 0.3) is 0 Å². The highest BCUT2D eigenvalue weighted by Crippen LogP contribution is 2.23. The third-order valence-corrected chi connectivity index (χ3v) is 10.4. The fourth-order valence-corrected chi connectivity index (χ4v) is 6.33. The number of aliphatic imine (C=N–C) groups is 1. The quantitative estimate of drug-likeness (QED) is 0.0199. The fraction of sp³-hybridized carbons (Fsp3) is 0.727. The average molecular weight is 1010 g/mol. The number of nitrogens with two attached hydrogens (primary N) is 2. The number of nitrogens with zero attached hydrogens (tertiary/aromatic N) is 2. The van der Waals surface area contributed by atoms with Gasteiger partial charge >= 0.3 is 5.97 Å². The van der Waals surface area contributed by atoms with E-state index in [2.05, 4.69) is 52.8 Å². The molecule has 0 unspecified atom stereocenters. The molecule has 71 heavy (non-hydrogen) atoms. The molecule has 0 saturated heterocycles. The van der Waals surface area contributed by atoms with Crippen LogP contribution in [0.15, 0.2) is 4.99 Å². The second kappa shape index (κ2) is 29.5. The van der Waals surface area contributed by atoms with Crippen LogP contribution in [0.4, 0.5) is 0 Å². The van der Waals surface area contributed by atoms with E-state index in [4.69, 9.17) is 11.5 Å². The van der Waals surface area contributed by atoms with Crippen molar-refractivity contribution >= 4 is 71.0 Å². The first-order chi connectivity index (χ1) is 32.6. The zero-order valence-electron chi connectivity index (χ0n) is 43.1. The zero-order chi connectivity index (χ0) is 55.3. The lowest BCUT2D eigenvalue weighted by molar-refractivity contribution is -0.142. The summed E-state index contributed by atoms with van der Waals surface area (Å²) in [6.07, 6.45) is -0.575. The van der Waals surface area contributed by atoms with Gasteiger partial charge in [-0.25, -0.2) is 0 Å². The van der Waals surface area contributed by atoms with E-state index in [0.717, 1.165) is 4.90 Å². The van der Waals surface area contributed by atoms with Gasteiger partial charge in [0.1, 0.15) is 54.4 Å². The van der Waals surface area contributed by atoms with E-state index in [1.54, 1.807) is 55.4 Å². The predicted octanol–water partition coefficient (Wildman–Crippen LogP) is -4.85. The van der Waals surface area contributed by atoms with Crippen LogP contribution in [0, 0.1) is 16.7 Å². The van der Waals surface area contributed by atoms with Crippen LogP contribution in [0.3, 0.4) is 0 Å². The van der Waals surface area contributed by atoms with E-state index in [1.165, 1.54) is 34.9 Å². The molecule has 0 aliphatic rings. The second-order valence-corrected chi connectivity index (χ2v) is 19.8. The molecule has 0 fully saturated rings. The van der Waals surface area contributed by atoms with E-state index < -0.39 is 150 Å². The van der Waals surface area contributed by atoms with Gasteiger partial charge in [0.05, 0.1) is 19.6 Å². The van der Waals surface area contributed by atoms with Crippen molar-refractivity contribution in [2.24, 2.45) is 33.2 Å². The maximum Gasteiger partial charge on any atom is 0.325 e. The van der Waals surface area contributed by atoms with Crippen LogP contribution in [0.25, 0.3) is 0 Å². The van der Waals surface area contributed by atoms with Gasteiger partial charge in [0, 0.05) is 27.6 Å². The molecular weight excluding hydrogens is 935 g/mol. The van der Waals surface area contributed by atoms with Crippen LogP contribution >= 0.6 is 0 Å².